The maximum atomic E-state index is 11.1. The van der Waals surface area contributed by atoms with Gasteiger partial charge in [-0.1, -0.05) is 0 Å². The first kappa shape index (κ1) is 11.8. The van der Waals surface area contributed by atoms with E-state index < -0.39 is 6.09 Å². The van der Waals surface area contributed by atoms with Crippen molar-refractivity contribution in [1.29, 1.82) is 0 Å². The highest BCUT2D eigenvalue weighted by atomic mass is 16.6. The average molecular weight is 216 g/mol. The topological polar surface area (TPSA) is 87.7 Å². The summed E-state index contributed by atoms with van der Waals surface area (Å²) in [6, 6.07) is 0.346. The minimum Gasteiger partial charge on any atom is -0.447 e. The van der Waals surface area contributed by atoms with Gasteiger partial charge < -0.3 is 20.5 Å². The van der Waals surface area contributed by atoms with Gasteiger partial charge in [0.25, 0.3) is 0 Å². The SMILES string of the molecule is O=C(CCNC(=O)OCCO)NC1CC1. The molecule has 1 aliphatic rings. The van der Waals surface area contributed by atoms with Crippen LogP contribution in [0.2, 0.25) is 0 Å². The van der Waals surface area contributed by atoms with Crippen molar-refractivity contribution in [3.63, 3.8) is 0 Å². The Kier molecular flexibility index (Phi) is 4.89. The molecule has 0 aromatic heterocycles. The summed E-state index contributed by atoms with van der Waals surface area (Å²) in [5.41, 5.74) is 0. The maximum absolute atomic E-state index is 11.1. The number of aliphatic hydroxyl groups excluding tert-OH is 1. The molecule has 86 valence electrons. The van der Waals surface area contributed by atoms with E-state index in [4.69, 9.17) is 5.11 Å². The van der Waals surface area contributed by atoms with Gasteiger partial charge in [-0.2, -0.15) is 0 Å². The molecule has 6 nitrogen and oxygen atoms in total. The molecule has 6 heteroatoms. The lowest BCUT2D eigenvalue weighted by atomic mass is 10.4. The van der Waals surface area contributed by atoms with Gasteiger partial charge in [0.05, 0.1) is 6.61 Å². The Morgan fingerprint density at radius 2 is 2.13 bits per heavy atom. The van der Waals surface area contributed by atoms with Crippen molar-refractivity contribution >= 4 is 12.0 Å². The summed E-state index contributed by atoms with van der Waals surface area (Å²) >= 11 is 0. The molecule has 0 aliphatic heterocycles. The number of ether oxygens (including phenoxy) is 1. The molecule has 1 fully saturated rings. The molecule has 0 aromatic rings. The highest BCUT2D eigenvalue weighted by Gasteiger charge is 2.22. The molecule has 2 amide bonds. The molecule has 0 spiro atoms. The fraction of sp³-hybridized carbons (Fsp3) is 0.778. The van der Waals surface area contributed by atoms with Gasteiger partial charge in [-0.05, 0) is 12.8 Å². The van der Waals surface area contributed by atoms with Crippen molar-refractivity contribution in [2.24, 2.45) is 0 Å². The first-order valence-electron chi connectivity index (χ1n) is 5.03. The second-order valence-electron chi connectivity index (χ2n) is 3.38. The van der Waals surface area contributed by atoms with Gasteiger partial charge in [0.15, 0.2) is 0 Å². The van der Waals surface area contributed by atoms with E-state index in [1.807, 2.05) is 0 Å². The van der Waals surface area contributed by atoms with Crippen LogP contribution < -0.4 is 10.6 Å². The summed E-state index contributed by atoms with van der Waals surface area (Å²) in [7, 11) is 0. The fourth-order valence-electron chi connectivity index (χ4n) is 0.995. The fourth-order valence-corrected chi connectivity index (χ4v) is 0.995. The third kappa shape index (κ3) is 5.90. The second kappa shape index (κ2) is 6.23. The number of nitrogens with one attached hydrogen (secondary N) is 2. The quantitative estimate of drug-likeness (QED) is 0.552. The molecular weight excluding hydrogens is 200 g/mol. The van der Waals surface area contributed by atoms with E-state index >= 15 is 0 Å². The van der Waals surface area contributed by atoms with Crippen molar-refractivity contribution < 1.29 is 19.4 Å². The molecule has 0 bridgehead atoms. The van der Waals surface area contributed by atoms with Crippen molar-refractivity contribution in [2.45, 2.75) is 25.3 Å². The summed E-state index contributed by atoms with van der Waals surface area (Å²) in [5.74, 6) is -0.0556. The molecule has 0 radical (unpaired) electrons. The summed E-state index contributed by atoms with van der Waals surface area (Å²) in [5, 5.41) is 13.6. The van der Waals surface area contributed by atoms with E-state index in [2.05, 4.69) is 15.4 Å². The smallest absolute Gasteiger partial charge is 0.407 e. The van der Waals surface area contributed by atoms with Crippen molar-refractivity contribution in [3.8, 4) is 0 Å². The van der Waals surface area contributed by atoms with E-state index in [-0.39, 0.29) is 32.1 Å². The normalized spacial score (nSPS) is 14.5. The zero-order chi connectivity index (χ0) is 11.1. The van der Waals surface area contributed by atoms with E-state index in [9.17, 15) is 9.59 Å². The third-order valence-electron chi connectivity index (χ3n) is 1.89. The second-order valence-corrected chi connectivity index (χ2v) is 3.38. The van der Waals surface area contributed by atoms with Crippen LogP contribution in [0, 0.1) is 0 Å². The van der Waals surface area contributed by atoms with Gasteiger partial charge >= 0.3 is 6.09 Å². The summed E-state index contributed by atoms with van der Waals surface area (Å²) < 4.78 is 4.53. The monoisotopic (exact) mass is 216 g/mol. The number of alkyl carbamates (subject to hydrolysis) is 1. The van der Waals surface area contributed by atoms with Crippen LogP contribution in [0.15, 0.2) is 0 Å². The number of hydrogen-bond acceptors (Lipinski definition) is 4. The highest BCUT2D eigenvalue weighted by Crippen LogP contribution is 2.18. The number of amides is 2. The van der Waals surface area contributed by atoms with Crippen LogP contribution in [0.25, 0.3) is 0 Å². The Morgan fingerprint density at radius 1 is 1.40 bits per heavy atom. The molecule has 1 rings (SSSR count). The molecule has 1 saturated carbocycles. The minimum absolute atomic E-state index is 0.0277. The minimum atomic E-state index is -0.608. The molecular formula is C9H16N2O4. The van der Waals surface area contributed by atoms with Gasteiger partial charge in [0.2, 0.25) is 5.91 Å². The van der Waals surface area contributed by atoms with E-state index in [0.717, 1.165) is 12.8 Å². The van der Waals surface area contributed by atoms with Gasteiger partial charge in [0, 0.05) is 19.0 Å². The van der Waals surface area contributed by atoms with Crippen LogP contribution in [0.4, 0.5) is 4.79 Å². The summed E-state index contributed by atoms with van der Waals surface area (Å²) in [6.45, 7) is 0.0263. The van der Waals surface area contributed by atoms with Gasteiger partial charge in [-0.25, -0.2) is 4.79 Å². The van der Waals surface area contributed by atoms with E-state index in [1.54, 1.807) is 0 Å². The Hall–Kier alpha value is -1.30. The van der Waals surface area contributed by atoms with Crippen molar-refractivity contribution in [2.75, 3.05) is 19.8 Å². The molecule has 1 aliphatic carbocycles. The van der Waals surface area contributed by atoms with Crippen LogP contribution >= 0.6 is 0 Å². The zero-order valence-electron chi connectivity index (χ0n) is 8.49. The maximum Gasteiger partial charge on any atom is 0.407 e. The van der Waals surface area contributed by atoms with Crippen LogP contribution in [0.3, 0.4) is 0 Å². The summed E-state index contributed by atoms with van der Waals surface area (Å²) in [4.78, 5) is 22.0. The molecule has 0 saturated heterocycles. The lowest BCUT2D eigenvalue weighted by molar-refractivity contribution is -0.121. The van der Waals surface area contributed by atoms with Crippen LogP contribution in [-0.2, 0) is 9.53 Å². The van der Waals surface area contributed by atoms with E-state index in [0.29, 0.717) is 6.04 Å². The highest BCUT2D eigenvalue weighted by molar-refractivity contribution is 5.77. The Bertz CT molecular complexity index is 228. The lowest BCUT2D eigenvalue weighted by Gasteiger charge is -2.05. The number of aliphatic hydroxyl groups is 1. The van der Waals surface area contributed by atoms with Gasteiger partial charge in [-0.15, -0.1) is 0 Å². The number of carbonyl (C=O) groups excluding carboxylic acids is 2. The predicted molar refractivity (Wildman–Crippen MR) is 52.2 cm³/mol. The van der Waals surface area contributed by atoms with Crippen LogP contribution in [-0.4, -0.2) is 42.9 Å². The molecule has 0 atom stereocenters. The number of hydrogen-bond donors (Lipinski definition) is 3. The third-order valence-corrected chi connectivity index (χ3v) is 1.89. The Balaban J connectivity index is 1.94. The average Bonchev–Trinajstić information content (AvgIpc) is 2.98. The molecule has 0 unspecified atom stereocenters. The standard InChI is InChI=1S/C9H16N2O4/c12-5-6-15-9(14)10-4-3-8(13)11-7-1-2-7/h7,12H,1-6H2,(H,10,14)(H,11,13). The Morgan fingerprint density at radius 3 is 2.73 bits per heavy atom. The van der Waals surface area contributed by atoms with Crippen LogP contribution in [0.5, 0.6) is 0 Å². The van der Waals surface area contributed by atoms with Crippen LogP contribution in [0.1, 0.15) is 19.3 Å². The molecule has 3 N–H and O–H groups in total. The predicted octanol–water partition coefficient (Wildman–Crippen LogP) is -0.626. The lowest BCUT2D eigenvalue weighted by Crippen LogP contribution is -2.32. The van der Waals surface area contributed by atoms with Gasteiger partial charge in [-0.3, -0.25) is 4.79 Å². The number of carbonyl (C=O) groups is 2. The number of rotatable bonds is 6. The van der Waals surface area contributed by atoms with Crippen molar-refractivity contribution in [3.05, 3.63) is 0 Å². The molecule has 15 heavy (non-hydrogen) atoms. The van der Waals surface area contributed by atoms with E-state index in [1.165, 1.54) is 0 Å². The molecule has 0 aromatic carbocycles. The largest absolute Gasteiger partial charge is 0.447 e. The zero-order valence-corrected chi connectivity index (χ0v) is 8.49. The Labute approximate surface area is 88.0 Å². The van der Waals surface area contributed by atoms with Gasteiger partial charge in [0.1, 0.15) is 6.61 Å². The first-order chi connectivity index (χ1) is 7.22. The first-order valence-corrected chi connectivity index (χ1v) is 5.03. The molecule has 0 heterocycles. The van der Waals surface area contributed by atoms with Crippen molar-refractivity contribution in [1.82, 2.24) is 10.6 Å². The summed E-state index contributed by atoms with van der Waals surface area (Å²) in [6.07, 6.45) is 1.75.